The second kappa shape index (κ2) is 3.84. The van der Waals surface area contributed by atoms with Crippen LogP contribution in [0.25, 0.3) is 0 Å². The summed E-state index contributed by atoms with van der Waals surface area (Å²) in [7, 11) is 0. The third-order valence-electron chi connectivity index (χ3n) is 0.711. The molecule has 0 aliphatic heterocycles. The zero-order chi connectivity index (χ0) is 6.57. The minimum Gasteiger partial charge on any atom is -0.306 e. The molecule has 1 nitrogen and oxygen atoms in total. The van der Waals surface area contributed by atoms with Gasteiger partial charge in [0.1, 0.15) is 0 Å². The molecule has 0 heterocycles. The molecule has 0 aliphatic rings. The highest BCUT2D eigenvalue weighted by molar-refractivity contribution is 9.11. The topological polar surface area (TPSA) is 23.9 Å². The number of halogens is 1. The van der Waals surface area contributed by atoms with Crippen molar-refractivity contribution in [2.24, 2.45) is 0 Å². The van der Waals surface area contributed by atoms with Crippen LogP contribution in [-0.2, 0) is 0 Å². The zero-order valence-electron chi connectivity index (χ0n) is 5.16. The summed E-state index contributed by atoms with van der Waals surface area (Å²) < 4.78 is 1.09. The summed E-state index contributed by atoms with van der Waals surface area (Å²) in [5.74, 6) is 0. The van der Waals surface area contributed by atoms with Crippen LogP contribution in [0, 0.1) is 5.41 Å². The average molecular weight is 176 g/mol. The number of rotatable bonds is 2. The molecule has 8 heavy (non-hydrogen) atoms. The van der Waals surface area contributed by atoms with Gasteiger partial charge in [-0.1, -0.05) is 22.9 Å². The fraction of sp³-hybridized carbons (Fsp3) is 0.500. The fourth-order valence-corrected chi connectivity index (χ4v) is 0.680. The fourth-order valence-electron chi connectivity index (χ4n) is 0.337. The molecular weight excluding hydrogens is 166 g/mol. The molecule has 1 N–H and O–H groups in total. The monoisotopic (exact) mass is 175 g/mol. The van der Waals surface area contributed by atoms with Gasteiger partial charge < -0.3 is 5.41 Å². The first-order valence-corrected chi connectivity index (χ1v) is 3.37. The lowest BCUT2D eigenvalue weighted by molar-refractivity contribution is 1.21. The van der Waals surface area contributed by atoms with Gasteiger partial charge in [-0.2, -0.15) is 0 Å². The van der Waals surface area contributed by atoms with E-state index in [-0.39, 0.29) is 0 Å². The van der Waals surface area contributed by atoms with Crippen LogP contribution in [0.2, 0.25) is 0 Å². The lowest BCUT2D eigenvalue weighted by Crippen LogP contribution is -1.79. The number of hydrogen-bond acceptors (Lipinski definition) is 1. The standard InChI is InChI=1S/C6H10BrN/c1-3-6(7)4-5(2)8/h4,8H,3H2,1-2H3/b6-4+,8-5?. The maximum atomic E-state index is 7.02. The molecule has 0 unspecified atom stereocenters. The van der Waals surface area contributed by atoms with E-state index < -0.39 is 0 Å². The Morgan fingerprint density at radius 1 is 1.75 bits per heavy atom. The Bertz CT molecular complexity index is 116. The van der Waals surface area contributed by atoms with E-state index in [1.807, 2.05) is 6.92 Å². The van der Waals surface area contributed by atoms with Crippen molar-refractivity contribution in [3.63, 3.8) is 0 Å². The molecule has 0 atom stereocenters. The maximum absolute atomic E-state index is 7.02. The van der Waals surface area contributed by atoms with Crippen molar-refractivity contribution in [2.45, 2.75) is 20.3 Å². The van der Waals surface area contributed by atoms with Gasteiger partial charge in [0.15, 0.2) is 0 Å². The van der Waals surface area contributed by atoms with Crippen molar-refractivity contribution in [3.8, 4) is 0 Å². The summed E-state index contributed by atoms with van der Waals surface area (Å²) in [5, 5.41) is 7.02. The maximum Gasteiger partial charge on any atom is 0.0290 e. The minimum absolute atomic E-state index is 0.596. The van der Waals surface area contributed by atoms with Gasteiger partial charge in [0.25, 0.3) is 0 Å². The summed E-state index contributed by atoms with van der Waals surface area (Å²) in [5.41, 5.74) is 0.596. The van der Waals surface area contributed by atoms with Crippen LogP contribution in [0.4, 0.5) is 0 Å². The SMILES string of the molecule is CC/C(Br)=C\C(C)=N. The van der Waals surface area contributed by atoms with Crippen LogP contribution in [0.5, 0.6) is 0 Å². The summed E-state index contributed by atoms with van der Waals surface area (Å²) in [6, 6.07) is 0. The van der Waals surface area contributed by atoms with Crippen LogP contribution in [0.1, 0.15) is 20.3 Å². The van der Waals surface area contributed by atoms with E-state index in [9.17, 15) is 0 Å². The van der Waals surface area contributed by atoms with E-state index in [1.54, 1.807) is 13.0 Å². The van der Waals surface area contributed by atoms with Crippen LogP contribution in [0.3, 0.4) is 0 Å². The molecule has 0 amide bonds. The molecule has 0 bridgehead atoms. The molecule has 0 radical (unpaired) electrons. The molecule has 0 fully saturated rings. The quantitative estimate of drug-likeness (QED) is 0.625. The van der Waals surface area contributed by atoms with E-state index in [1.165, 1.54) is 0 Å². The zero-order valence-corrected chi connectivity index (χ0v) is 6.75. The van der Waals surface area contributed by atoms with Gasteiger partial charge in [-0.3, -0.25) is 0 Å². The molecule has 2 heteroatoms. The summed E-state index contributed by atoms with van der Waals surface area (Å²) >= 11 is 3.30. The van der Waals surface area contributed by atoms with Crippen LogP contribution < -0.4 is 0 Å². The Morgan fingerprint density at radius 2 is 2.25 bits per heavy atom. The molecule has 0 saturated heterocycles. The molecule has 0 rings (SSSR count). The second-order valence-corrected chi connectivity index (χ2v) is 2.65. The van der Waals surface area contributed by atoms with Gasteiger partial charge in [0.2, 0.25) is 0 Å². The molecule has 0 aromatic rings. The highest BCUT2D eigenvalue weighted by atomic mass is 79.9. The van der Waals surface area contributed by atoms with Crippen molar-refractivity contribution in [3.05, 3.63) is 10.6 Å². The summed E-state index contributed by atoms with van der Waals surface area (Å²) in [6.07, 6.45) is 2.77. The van der Waals surface area contributed by atoms with Crippen molar-refractivity contribution in [1.29, 1.82) is 5.41 Å². The Morgan fingerprint density at radius 3 is 2.38 bits per heavy atom. The highest BCUT2D eigenvalue weighted by Crippen LogP contribution is 2.07. The molecule has 46 valence electrons. The summed E-state index contributed by atoms with van der Waals surface area (Å²) in [4.78, 5) is 0. The third kappa shape index (κ3) is 4.06. The Labute approximate surface area is 58.4 Å². The van der Waals surface area contributed by atoms with E-state index in [0.29, 0.717) is 5.71 Å². The first kappa shape index (κ1) is 7.89. The first-order chi connectivity index (χ1) is 3.66. The van der Waals surface area contributed by atoms with Crippen molar-refractivity contribution in [1.82, 2.24) is 0 Å². The molecule has 0 spiro atoms. The van der Waals surface area contributed by atoms with E-state index in [2.05, 4.69) is 15.9 Å². The van der Waals surface area contributed by atoms with Crippen molar-refractivity contribution in [2.75, 3.05) is 0 Å². The normalized spacial score (nSPS) is 11.6. The smallest absolute Gasteiger partial charge is 0.0290 e. The van der Waals surface area contributed by atoms with E-state index in [0.717, 1.165) is 10.9 Å². The molecular formula is C6H10BrN. The van der Waals surface area contributed by atoms with E-state index in [4.69, 9.17) is 5.41 Å². The van der Waals surface area contributed by atoms with Gasteiger partial charge in [-0.25, -0.2) is 0 Å². The van der Waals surface area contributed by atoms with Crippen molar-refractivity contribution < 1.29 is 0 Å². The predicted octanol–water partition coefficient (Wildman–Crippen LogP) is 2.71. The number of allylic oxidation sites excluding steroid dienone is 2. The van der Waals surface area contributed by atoms with Crippen molar-refractivity contribution >= 4 is 21.6 Å². The van der Waals surface area contributed by atoms with Gasteiger partial charge >= 0.3 is 0 Å². The van der Waals surface area contributed by atoms with Gasteiger partial charge in [0.05, 0.1) is 0 Å². The van der Waals surface area contributed by atoms with Crippen LogP contribution in [0.15, 0.2) is 10.6 Å². The number of hydrogen-bond donors (Lipinski definition) is 1. The largest absolute Gasteiger partial charge is 0.306 e. The molecule has 0 aliphatic carbocycles. The minimum atomic E-state index is 0.596. The lowest BCUT2D eigenvalue weighted by Gasteiger charge is -1.88. The van der Waals surface area contributed by atoms with Gasteiger partial charge in [-0.05, 0) is 23.9 Å². The van der Waals surface area contributed by atoms with Crippen LogP contribution >= 0.6 is 15.9 Å². The lowest BCUT2D eigenvalue weighted by atomic mass is 10.3. The average Bonchev–Trinajstić information content (AvgIpc) is 1.65. The molecule has 0 aromatic heterocycles. The predicted molar refractivity (Wildman–Crippen MR) is 40.7 cm³/mol. The molecule has 0 aromatic carbocycles. The van der Waals surface area contributed by atoms with E-state index >= 15 is 0 Å². The third-order valence-corrected chi connectivity index (χ3v) is 1.50. The van der Waals surface area contributed by atoms with Crippen LogP contribution in [-0.4, -0.2) is 5.71 Å². The summed E-state index contributed by atoms with van der Waals surface area (Å²) in [6.45, 7) is 3.81. The molecule has 0 saturated carbocycles. The Kier molecular flexibility index (Phi) is 3.79. The first-order valence-electron chi connectivity index (χ1n) is 2.58. The second-order valence-electron chi connectivity index (χ2n) is 1.63. The van der Waals surface area contributed by atoms with Gasteiger partial charge in [0, 0.05) is 5.71 Å². The highest BCUT2D eigenvalue weighted by Gasteiger charge is 1.84. The Hall–Kier alpha value is -0.110. The van der Waals surface area contributed by atoms with Gasteiger partial charge in [-0.15, -0.1) is 0 Å². The Balaban J connectivity index is 3.75. The number of nitrogens with one attached hydrogen (secondary N) is 1.